The van der Waals surface area contributed by atoms with E-state index in [1.165, 1.54) is 0 Å². The molecule has 13 heavy (non-hydrogen) atoms. The number of rotatable bonds is 4. The standard InChI is InChI=1S/C7H13F3O2Si/c1-13(2,5-7(8,9)10)12-4-6-3-11-6/h6H,3-5H2,1-2H3. The van der Waals surface area contributed by atoms with Crippen molar-refractivity contribution in [2.24, 2.45) is 0 Å². The van der Waals surface area contributed by atoms with Gasteiger partial charge in [0.15, 0.2) is 8.32 Å². The predicted octanol–water partition coefficient (Wildman–Crippen LogP) is 2.17. The molecule has 0 N–H and O–H groups in total. The van der Waals surface area contributed by atoms with Crippen LogP contribution in [0, 0.1) is 0 Å². The monoisotopic (exact) mass is 214 g/mol. The van der Waals surface area contributed by atoms with E-state index in [0.29, 0.717) is 13.2 Å². The van der Waals surface area contributed by atoms with Crippen molar-refractivity contribution in [1.29, 1.82) is 0 Å². The highest BCUT2D eigenvalue weighted by molar-refractivity contribution is 6.71. The fourth-order valence-electron chi connectivity index (χ4n) is 1.02. The zero-order valence-corrected chi connectivity index (χ0v) is 8.65. The Morgan fingerprint density at radius 3 is 2.38 bits per heavy atom. The Bertz CT molecular complexity index is 177. The van der Waals surface area contributed by atoms with Crippen molar-refractivity contribution in [1.82, 2.24) is 0 Å². The van der Waals surface area contributed by atoms with Gasteiger partial charge in [0.2, 0.25) is 0 Å². The zero-order chi connectivity index (χ0) is 10.1. The van der Waals surface area contributed by atoms with Crippen LogP contribution in [-0.2, 0) is 9.16 Å². The summed E-state index contributed by atoms with van der Waals surface area (Å²) in [5, 5.41) is 0. The molecule has 6 heteroatoms. The van der Waals surface area contributed by atoms with Gasteiger partial charge in [-0.3, -0.25) is 0 Å². The number of hydrogen-bond donors (Lipinski definition) is 0. The molecule has 0 aliphatic carbocycles. The summed E-state index contributed by atoms with van der Waals surface area (Å²) < 4.78 is 46.1. The maximum absolute atomic E-state index is 12.0. The van der Waals surface area contributed by atoms with Gasteiger partial charge in [-0.2, -0.15) is 13.2 Å². The smallest absolute Gasteiger partial charge is 0.389 e. The van der Waals surface area contributed by atoms with Crippen LogP contribution in [0.5, 0.6) is 0 Å². The quantitative estimate of drug-likeness (QED) is 0.528. The Labute approximate surface area is 76.2 Å². The third kappa shape index (κ3) is 5.27. The Morgan fingerprint density at radius 2 is 2.00 bits per heavy atom. The van der Waals surface area contributed by atoms with E-state index in [1.807, 2.05) is 0 Å². The molecule has 0 saturated carbocycles. The third-order valence-electron chi connectivity index (χ3n) is 1.69. The van der Waals surface area contributed by atoms with Crippen molar-refractivity contribution in [2.45, 2.75) is 31.4 Å². The van der Waals surface area contributed by atoms with Crippen molar-refractivity contribution in [3.63, 3.8) is 0 Å². The molecule has 0 aromatic heterocycles. The minimum absolute atomic E-state index is 0.0417. The molecule has 0 aromatic rings. The maximum Gasteiger partial charge on any atom is 0.389 e. The fourth-order valence-corrected chi connectivity index (χ4v) is 2.72. The van der Waals surface area contributed by atoms with Crippen molar-refractivity contribution >= 4 is 8.32 Å². The van der Waals surface area contributed by atoms with E-state index in [-0.39, 0.29) is 6.10 Å². The molecule has 1 fully saturated rings. The molecule has 2 nitrogen and oxygen atoms in total. The Morgan fingerprint density at radius 1 is 1.46 bits per heavy atom. The molecule has 1 atom stereocenters. The number of halogens is 3. The topological polar surface area (TPSA) is 21.8 Å². The predicted molar refractivity (Wildman–Crippen MR) is 44.0 cm³/mol. The van der Waals surface area contributed by atoms with Crippen molar-refractivity contribution in [3.05, 3.63) is 0 Å². The van der Waals surface area contributed by atoms with Crippen LogP contribution in [0.15, 0.2) is 0 Å². The second-order valence-corrected chi connectivity index (χ2v) is 7.98. The van der Waals surface area contributed by atoms with Crippen LogP contribution < -0.4 is 0 Å². The van der Waals surface area contributed by atoms with Gasteiger partial charge in [0.25, 0.3) is 0 Å². The van der Waals surface area contributed by atoms with Gasteiger partial charge in [0.05, 0.1) is 19.3 Å². The molecule has 1 aliphatic rings. The molecule has 1 aliphatic heterocycles. The number of alkyl halides is 3. The molecule has 1 saturated heterocycles. The lowest BCUT2D eigenvalue weighted by atomic mass is 10.5. The van der Waals surface area contributed by atoms with E-state index in [0.717, 1.165) is 0 Å². The first kappa shape index (κ1) is 11.0. The molecule has 0 spiro atoms. The highest BCUT2D eigenvalue weighted by atomic mass is 28.4. The maximum atomic E-state index is 12.0. The molecular formula is C7H13F3O2Si. The summed E-state index contributed by atoms with van der Waals surface area (Å²) in [7, 11) is -2.57. The summed E-state index contributed by atoms with van der Waals surface area (Å²) >= 11 is 0. The second-order valence-electron chi connectivity index (χ2n) is 3.82. The molecule has 0 amide bonds. The average Bonchev–Trinajstić information content (AvgIpc) is 2.59. The summed E-state index contributed by atoms with van der Waals surface area (Å²) in [5.41, 5.74) is 0. The van der Waals surface area contributed by atoms with Gasteiger partial charge in [-0.05, 0) is 13.1 Å². The number of hydrogen-bond acceptors (Lipinski definition) is 2. The summed E-state index contributed by atoms with van der Waals surface area (Å²) in [5.74, 6) is 0. The Balaban J connectivity index is 2.26. The van der Waals surface area contributed by atoms with Gasteiger partial charge in [-0.1, -0.05) is 0 Å². The van der Waals surface area contributed by atoms with Gasteiger partial charge in [-0.25, -0.2) is 0 Å². The summed E-state index contributed by atoms with van der Waals surface area (Å²) in [4.78, 5) is 0. The first-order valence-corrected chi connectivity index (χ1v) is 7.22. The first-order chi connectivity index (χ1) is 5.79. The highest BCUT2D eigenvalue weighted by Crippen LogP contribution is 2.28. The van der Waals surface area contributed by atoms with E-state index in [4.69, 9.17) is 9.16 Å². The SMILES string of the molecule is C[Si](C)(CC(F)(F)F)OCC1CO1. The first-order valence-electron chi connectivity index (χ1n) is 4.11. The van der Waals surface area contributed by atoms with E-state index < -0.39 is 20.5 Å². The Kier molecular flexibility index (Phi) is 3.04. The zero-order valence-electron chi connectivity index (χ0n) is 7.65. The van der Waals surface area contributed by atoms with Gasteiger partial charge in [0.1, 0.15) is 6.10 Å². The van der Waals surface area contributed by atoms with Crippen molar-refractivity contribution < 1.29 is 22.3 Å². The molecule has 1 heterocycles. The van der Waals surface area contributed by atoms with Crippen molar-refractivity contribution in [2.75, 3.05) is 13.2 Å². The van der Waals surface area contributed by atoms with E-state index in [1.54, 1.807) is 13.1 Å². The van der Waals surface area contributed by atoms with E-state index >= 15 is 0 Å². The average molecular weight is 214 g/mol. The minimum atomic E-state index is -4.11. The lowest BCUT2D eigenvalue weighted by molar-refractivity contribution is -0.113. The third-order valence-corrected chi connectivity index (χ3v) is 3.89. The van der Waals surface area contributed by atoms with Crippen LogP contribution in [0.2, 0.25) is 19.1 Å². The number of epoxide rings is 1. The van der Waals surface area contributed by atoms with Crippen LogP contribution >= 0.6 is 0 Å². The lowest BCUT2D eigenvalue weighted by Crippen LogP contribution is -2.37. The molecule has 1 unspecified atom stereocenters. The summed E-state index contributed by atoms with van der Waals surface area (Å²) in [6.07, 6.45) is -4.07. The van der Waals surface area contributed by atoms with Gasteiger partial charge >= 0.3 is 6.18 Å². The largest absolute Gasteiger partial charge is 0.414 e. The van der Waals surface area contributed by atoms with Gasteiger partial charge in [0, 0.05) is 0 Å². The normalized spacial score (nSPS) is 23.3. The molecular weight excluding hydrogens is 201 g/mol. The van der Waals surface area contributed by atoms with Gasteiger partial charge < -0.3 is 9.16 Å². The Hall–Kier alpha value is -0.0731. The summed E-state index contributed by atoms with van der Waals surface area (Å²) in [6, 6.07) is -0.785. The molecule has 0 radical (unpaired) electrons. The fraction of sp³-hybridized carbons (Fsp3) is 1.00. The molecule has 0 bridgehead atoms. The highest BCUT2D eigenvalue weighted by Gasteiger charge is 2.40. The van der Waals surface area contributed by atoms with Crippen LogP contribution in [0.25, 0.3) is 0 Å². The van der Waals surface area contributed by atoms with Crippen LogP contribution in [0.4, 0.5) is 13.2 Å². The van der Waals surface area contributed by atoms with E-state index in [2.05, 4.69) is 0 Å². The lowest BCUT2D eigenvalue weighted by Gasteiger charge is -2.23. The molecule has 0 aromatic carbocycles. The number of ether oxygens (including phenoxy) is 1. The van der Waals surface area contributed by atoms with Crippen LogP contribution in [-0.4, -0.2) is 33.8 Å². The summed E-state index contributed by atoms with van der Waals surface area (Å²) in [6.45, 7) is 4.08. The molecule has 78 valence electrons. The van der Waals surface area contributed by atoms with Crippen molar-refractivity contribution in [3.8, 4) is 0 Å². The second kappa shape index (κ2) is 3.59. The molecule has 1 rings (SSSR count). The minimum Gasteiger partial charge on any atom is -0.414 e. The van der Waals surface area contributed by atoms with E-state index in [9.17, 15) is 13.2 Å². The van der Waals surface area contributed by atoms with Crippen LogP contribution in [0.1, 0.15) is 0 Å². The van der Waals surface area contributed by atoms with Gasteiger partial charge in [-0.15, -0.1) is 0 Å². The van der Waals surface area contributed by atoms with Crippen LogP contribution in [0.3, 0.4) is 0 Å².